The van der Waals surface area contributed by atoms with Crippen LogP contribution in [0.3, 0.4) is 0 Å². The molecule has 26 heavy (non-hydrogen) atoms. The number of aryl methyl sites for hydroxylation is 1. The molecule has 9 heteroatoms. The van der Waals surface area contributed by atoms with E-state index in [4.69, 9.17) is 0 Å². The van der Waals surface area contributed by atoms with E-state index < -0.39 is 9.84 Å². The van der Waals surface area contributed by atoms with Gasteiger partial charge in [-0.2, -0.15) is 10.4 Å². The summed E-state index contributed by atoms with van der Waals surface area (Å²) in [5.41, 5.74) is 2.90. The zero-order valence-corrected chi connectivity index (χ0v) is 15.7. The van der Waals surface area contributed by atoms with Crippen molar-refractivity contribution in [2.45, 2.75) is 10.4 Å². The minimum absolute atomic E-state index is 0.0419. The quantitative estimate of drug-likeness (QED) is 0.868. The lowest BCUT2D eigenvalue weighted by Crippen LogP contribution is -2.32. The average Bonchev–Trinajstić information content (AvgIpc) is 3.30. The van der Waals surface area contributed by atoms with Crippen molar-refractivity contribution in [2.75, 3.05) is 6.26 Å². The van der Waals surface area contributed by atoms with Gasteiger partial charge in [0.05, 0.1) is 10.6 Å². The van der Waals surface area contributed by atoms with Crippen molar-refractivity contribution in [1.29, 1.82) is 5.26 Å². The molecule has 2 aromatic rings. The van der Waals surface area contributed by atoms with Crippen molar-refractivity contribution in [3.8, 4) is 6.07 Å². The second kappa shape index (κ2) is 5.86. The Morgan fingerprint density at radius 1 is 1.38 bits per heavy atom. The molecule has 0 saturated heterocycles. The maximum Gasteiger partial charge on any atom is 0.184 e. The van der Waals surface area contributed by atoms with Crippen LogP contribution in [0.4, 0.5) is 0 Å². The number of allylic oxidation sites excluding steroid dienone is 2. The first-order chi connectivity index (χ1) is 12.4. The number of aromatic nitrogens is 2. The Morgan fingerprint density at radius 3 is 2.88 bits per heavy atom. The maximum absolute atomic E-state index is 11.8. The van der Waals surface area contributed by atoms with Crippen molar-refractivity contribution < 1.29 is 8.42 Å². The Hall–Kier alpha value is -2.83. The fourth-order valence-electron chi connectivity index (χ4n) is 2.95. The number of rotatable bonds is 3. The predicted molar refractivity (Wildman–Crippen MR) is 99.2 cm³/mol. The van der Waals surface area contributed by atoms with Gasteiger partial charge in [-0.25, -0.2) is 8.42 Å². The van der Waals surface area contributed by atoms with Crippen LogP contribution in [0.2, 0.25) is 0 Å². The van der Waals surface area contributed by atoms with Gasteiger partial charge in [0.1, 0.15) is 16.4 Å². The summed E-state index contributed by atoms with van der Waals surface area (Å²) in [6, 6.07) is 5.56. The third-order valence-corrected chi connectivity index (χ3v) is 7.08. The molecular weight excluding hydrogens is 370 g/mol. The molecule has 1 atom stereocenters. The summed E-state index contributed by atoms with van der Waals surface area (Å²) in [6.45, 7) is 0. The van der Waals surface area contributed by atoms with Gasteiger partial charge in [-0.05, 0) is 18.2 Å². The fraction of sp³-hybridized carbons (Fsp3) is 0.176. The Morgan fingerprint density at radius 2 is 2.19 bits per heavy atom. The molecule has 0 saturated carbocycles. The third kappa shape index (κ3) is 2.73. The number of nitrogens with one attached hydrogen (secondary N) is 1. The fourth-order valence-corrected chi connectivity index (χ4v) is 4.90. The lowest BCUT2D eigenvalue weighted by atomic mass is 10.0. The van der Waals surface area contributed by atoms with E-state index >= 15 is 0 Å². The first kappa shape index (κ1) is 16.6. The van der Waals surface area contributed by atoms with E-state index in [0.717, 1.165) is 21.7 Å². The van der Waals surface area contributed by atoms with E-state index in [1.807, 2.05) is 41.7 Å². The maximum atomic E-state index is 11.8. The first-order valence-electron chi connectivity index (χ1n) is 7.76. The van der Waals surface area contributed by atoms with E-state index in [0.29, 0.717) is 9.90 Å². The Balaban J connectivity index is 1.71. The van der Waals surface area contributed by atoms with E-state index in [2.05, 4.69) is 16.5 Å². The monoisotopic (exact) mass is 385 g/mol. The van der Waals surface area contributed by atoms with Crippen molar-refractivity contribution in [3.63, 3.8) is 0 Å². The van der Waals surface area contributed by atoms with Gasteiger partial charge in [0, 0.05) is 43.0 Å². The van der Waals surface area contributed by atoms with Gasteiger partial charge in [0.15, 0.2) is 15.5 Å². The second-order valence-electron chi connectivity index (χ2n) is 6.06. The molecule has 0 radical (unpaired) electrons. The predicted octanol–water partition coefficient (Wildman–Crippen LogP) is 1.90. The summed E-state index contributed by atoms with van der Waals surface area (Å²) >= 11 is 1.24. The highest BCUT2D eigenvalue weighted by Crippen LogP contribution is 2.36. The van der Waals surface area contributed by atoms with Crippen molar-refractivity contribution in [2.24, 2.45) is 7.05 Å². The topological polar surface area (TPSA) is 91.0 Å². The smallest absolute Gasteiger partial charge is 0.184 e. The van der Waals surface area contributed by atoms with Crippen LogP contribution in [0.25, 0.3) is 11.3 Å². The van der Waals surface area contributed by atoms with Gasteiger partial charge in [-0.1, -0.05) is 6.08 Å². The molecular formula is C17H15N5O2S2. The molecule has 7 nitrogen and oxygen atoms in total. The van der Waals surface area contributed by atoms with Gasteiger partial charge < -0.3 is 10.2 Å². The van der Waals surface area contributed by atoms with Crippen molar-refractivity contribution in [1.82, 2.24) is 20.0 Å². The van der Waals surface area contributed by atoms with Gasteiger partial charge >= 0.3 is 0 Å². The van der Waals surface area contributed by atoms with Crippen LogP contribution >= 0.6 is 11.3 Å². The highest BCUT2D eigenvalue weighted by molar-refractivity contribution is 7.92. The van der Waals surface area contributed by atoms with Crippen molar-refractivity contribution >= 4 is 32.4 Å². The number of sulfone groups is 1. The van der Waals surface area contributed by atoms with Gasteiger partial charge in [0.25, 0.3) is 0 Å². The first-order valence-corrected chi connectivity index (χ1v) is 10.5. The number of hydrogen-bond donors (Lipinski definition) is 1. The number of nitriles is 1. The summed E-state index contributed by atoms with van der Waals surface area (Å²) in [6.07, 6.45) is 10.8. The average molecular weight is 385 g/mol. The van der Waals surface area contributed by atoms with Crippen LogP contribution in [-0.2, 0) is 16.9 Å². The molecule has 2 aromatic heterocycles. The minimum atomic E-state index is -3.22. The minimum Gasteiger partial charge on any atom is -0.366 e. The van der Waals surface area contributed by atoms with Gasteiger partial charge in [0.2, 0.25) is 0 Å². The zero-order chi connectivity index (χ0) is 18.5. The van der Waals surface area contributed by atoms with Crippen LogP contribution in [0.5, 0.6) is 0 Å². The SMILES string of the molecule is Cn1cc(C2=CN3C(c4ccc(S(C)(=O)=O)s4)=CNC3C=C2)c(C#N)n1. The highest BCUT2D eigenvalue weighted by atomic mass is 32.2. The molecule has 0 aromatic carbocycles. The standard InChI is InChI=1S/C17H15N5O2S2/c1-21-10-12(13(7-18)20-21)11-3-5-16-19-8-14(22(16)9-11)15-4-6-17(25-15)26(2,23)24/h3-6,8-10,16,19H,1-2H3. The van der Waals surface area contributed by atoms with E-state index in [1.165, 1.54) is 17.6 Å². The molecule has 0 spiro atoms. The highest BCUT2D eigenvalue weighted by Gasteiger charge is 2.28. The molecule has 132 valence electrons. The molecule has 1 N–H and O–H groups in total. The third-order valence-electron chi connectivity index (χ3n) is 4.15. The molecule has 2 aliphatic heterocycles. The number of fused-ring (bicyclic) bond motifs is 1. The molecule has 0 fully saturated rings. The van der Waals surface area contributed by atoms with Crippen LogP contribution in [-0.4, -0.2) is 35.5 Å². The molecule has 4 heterocycles. The summed E-state index contributed by atoms with van der Waals surface area (Å²) in [7, 11) is -1.45. The summed E-state index contributed by atoms with van der Waals surface area (Å²) in [5, 5.41) is 16.7. The molecule has 0 aliphatic carbocycles. The van der Waals surface area contributed by atoms with Crippen molar-refractivity contribution in [3.05, 3.63) is 59.0 Å². The van der Waals surface area contributed by atoms with E-state index in [9.17, 15) is 13.7 Å². The second-order valence-corrected chi connectivity index (χ2v) is 9.39. The van der Waals surface area contributed by atoms with Crippen LogP contribution in [0.1, 0.15) is 16.1 Å². The molecule has 1 unspecified atom stereocenters. The number of nitrogens with zero attached hydrogens (tertiary/aromatic N) is 4. The number of thiophene rings is 1. The zero-order valence-electron chi connectivity index (χ0n) is 14.0. The normalized spacial score (nSPS) is 18.8. The Kier molecular flexibility index (Phi) is 3.75. The summed E-state index contributed by atoms with van der Waals surface area (Å²) < 4.78 is 25.5. The Labute approximate surface area is 155 Å². The van der Waals surface area contributed by atoms with Crippen LogP contribution in [0, 0.1) is 11.3 Å². The largest absolute Gasteiger partial charge is 0.366 e. The summed E-state index contributed by atoms with van der Waals surface area (Å²) in [5.74, 6) is 0. The van der Waals surface area contributed by atoms with Gasteiger partial charge in [-0.3, -0.25) is 4.68 Å². The Bertz CT molecular complexity index is 1130. The lowest BCUT2D eigenvalue weighted by molar-refractivity contribution is 0.444. The number of hydrogen-bond acceptors (Lipinski definition) is 7. The molecule has 0 amide bonds. The summed E-state index contributed by atoms with van der Waals surface area (Å²) in [4.78, 5) is 2.89. The van der Waals surface area contributed by atoms with Crippen LogP contribution < -0.4 is 5.32 Å². The molecule has 0 bridgehead atoms. The molecule has 2 aliphatic rings. The van der Waals surface area contributed by atoms with Crippen LogP contribution in [0.15, 0.2) is 47.1 Å². The molecule has 4 rings (SSSR count). The van der Waals surface area contributed by atoms with E-state index in [-0.39, 0.29) is 6.17 Å². The van der Waals surface area contributed by atoms with E-state index in [1.54, 1.807) is 17.8 Å². The van der Waals surface area contributed by atoms with Gasteiger partial charge in [-0.15, -0.1) is 11.3 Å². The lowest BCUT2D eigenvalue weighted by Gasteiger charge is -2.27.